The van der Waals surface area contributed by atoms with E-state index < -0.39 is 30.6 Å². The topological polar surface area (TPSA) is 102 Å². The Hall–Kier alpha value is -3.43. The van der Waals surface area contributed by atoms with Gasteiger partial charge < -0.3 is 29.9 Å². The highest BCUT2D eigenvalue weighted by atomic mass is 16.5. The van der Waals surface area contributed by atoms with Gasteiger partial charge in [0, 0.05) is 25.6 Å². The molecule has 188 valence electrons. The molecule has 3 rings (SSSR count). The highest BCUT2D eigenvalue weighted by molar-refractivity contribution is 5.88. The van der Waals surface area contributed by atoms with Crippen LogP contribution in [-0.2, 0) is 14.3 Å². The number of benzene rings is 2. The number of amides is 2. The molecule has 35 heavy (non-hydrogen) atoms. The fourth-order valence-electron chi connectivity index (χ4n) is 4.30. The maximum absolute atomic E-state index is 13.2. The van der Waals surface area contributed by atoms with E-state index in [1.54, 1.807) is 19.0 Å². The molecule has 0 heterocycles. The number of hydrogen-bond acceptors (Lipinski definition) is 6. The normalized spacial score (nSPS) is 13.3. The van der Waals surface area contributed by atoms with Crippen molar-refractivity contribution in [3.8, 4) is 11.1 Å². The first-order valence-electron chi connectivity index (χ1n) is 11.6. The van der Waals surface area contributed by atoms with Crippen molar-refractivity contribution in [1.29, 1.82) is 0 Å². The molecule has 9 nitrogen and oxygen atoms in total. The van der Waals surface area contributed by atoms with Gasteiger partial charge in [0.1, 0.15) is 19.2 Å². The molecule has 2 N–H and O–H groups in total. The molecule has 0 fully saturated rings. The Labute approximate surface area is 206 Å². The molecule has 0 bridgehead atoms. The molecular formula is C26H34N4O5. The number of nitrogens with one attached hydrogen (secondary N) is 1. The summed E-state index contributed by atoms with van der Waals surface area (Å²) < 4.78 is 5.60. The van der Waals surface area contributed by atoms with Gasteiger partial charge in [-0.25, -0.2) is 4.79 Å². The number of carbonyl (C=O) groups excluding carboxylic acids is 2. The van der Waals surface area contributed by atoms with E-state index in [2.05, 4.69) is 17.4 Å². The minimum atomic E-state index is -1.11. The van der Waals surface area contributed by atoms with Crippen LogP contribution in [0.15, 0.2) is 48.5 Å². The first kappa shape index (κ1) is 26.2. The molecule has 9 heteroatoms. The van der Waals surface area contributed by atoms with Crippen LogP contribution in [0.1, 0.15) is 17.0 Å². The van der Waals surface area contributed by atoms with Gasteiger partial charge in [0.05, 0.1) is 0 Å². The summed E-state index contributed by atoms with van der Waals surface area (Å²) in [5.74, 6) is -1.67. The highest BCUT2D eigenvalue weighted by Gasteiger charge is 2.31. The Balaban J connectivity index is 1.69. The molecule has 2 aromatic carbocycles. The van der Waals surface area contributed by atoms with Gasteiger partial charge in [-0.3, -0.25) is 9.59 Å². The Kier molecular flexibility index (Phi) is 8.84. The van der Waals surface area contributed by atoms with Crippen LogP contribution in [0.25, 0.3) is 11.1 Å². The van der Waals surface area contributed by atoms with Crippen molar-refractivity contribution in [1.82, 2.24) is 20.0 Å². The number of carboxylic acid groups (broad SMARTS) is 1. The van der Waals surface area contributed by atoms with Crippen LogP contribution in [0.4, 0.5) is 4.79 Å². The van der Waals surface area contributed by atoms with Crippen molar-refractivity contribution in [2.75, 3.05) is 61.0 Å². The fraction of sp³-hybridized carbons (Fsp3) is 0.423. The SMILES string of the molecule is CN(C)CCN(CC(=O)O)C(=O)[C@H](CN(C)C)NC(=O)OCC1c2ccccc2-c2ccccc21. The molecule has 0 aliphatic heterocycles. The molecule has 0 saturated carbocycles. The van der Waals surface area contributed by atoms with Crippen LogP contribution >= 0.6 is 0 Å². The van der Waals surface area contributed by atoms with Gasteiger partial charge in [-0.15, -0.1) is 0 Å². The van der Waals surface area contributed by atoms with Crippen molar-refractivity contribution in [2.45, 2.75) is 12.0 Å². The molecule has 0 unspecified atom stereocenters. The number of rotatable bonds is 11. The second kappa shape index (κ2) is 11.8. The number of alkyl carbamates (subject to hydrolysis) is 1. The number of fused-ring (bicyclic) bond motifs is 3. The number of aliphatic carboxylic acids is 1. The zero-order valence-electron chi connectivity index (χ0n) is 20.7. The molecule has 0 aromatic heterocycles. The molecule has 1 aliphatic carbocycles. The van der Waals surface area contributed by atoms with Crippen molar-refractivity contribution >= 4 is 18.0 Å². The monoisotopic (exact) mass is 482 g/mol. The first-order valence-corrected chi connectivity index (χ1v) is 11.6. The summed E-state index contributed by atoms with van der Waals surface area (Å²) in [6, 6.07) is 15.2. The van der Waals surface area contributed by atoms with Crippen molar-refractivity contribution in [3.63, 3.8) is 0 Å². The maximum Gasteiger partial charge on any atom is 0.407 e. The van der Waals surface area contributed by atoms with Crippen LogP contribution in [0.3, 0.4) is 0 Å². The van der Waals surface area contributed by atoms with E-state index in [1.165, 1.54) is 4.90 Å². The molecular weight excluding hydrogens is 448 g/mol. The Morgan fingerprint density at radius 3 is 2.00 bits per heavy atom. The van der Waals surface area contributed by atoms with Crippen LogP contribution in [0.2, 0.25) is 0 Å². The van der Waals surface area contributed by atoms with Crippen molar-refractivity contribution < 1.29 is 24.2 Å². The third-order valence-corrected chi connectivity index (χ3v) is 5.94. The third-order valence-electron chi connectivity index (χ3n) is 5.94. The van der Waals surface area contributed by atoms with E-state index >= 15 is 0 Å². The minimum Gasteiger partial charge on any atom is -0.480 e. The lowest BCUT2D eigenvalue weighted by Crippen LogP contribution is -2.54. The highest BCUT2D eigenvalue weighted by Crippen LogP contribution is 2.44. The molecule has 0 radical (unpaired) electrons. The van der Waals surface area contributed by atoms with E-state index in [1.807, 2.05) is 55.4 Å². The molecule has 1 aliphatic rings. The standard InChI is InChI=1S/C26H34N4O5/c1-28(2)13-14-30(16-24(31)32)25(33)23(15-29(3)4)27-26(34)35-17-22-20-11-7-5-9-18(20)19-10-6-8-12-21(19)22/h5-12,22-23H,13-17H2,1-4H3,(H,27,34)(H,31,32)/t23-/m0/s1. The second-order valence-corrected chi connectivity index (χ2v) is 9.24. The fourth-order valence-corrected chi connectivity index (χ4v) is 4.30. The lowest BCUT2D eigenvalue weighted by molar-refractivity contribution is -0.145. The maximum atomic E-state index is 13.2. The Bertz CT molecular complexity index is 1010. The zero-order chi connectivity index (χ0) is 25.5. The van der Waals surface area contributed by atoms with Gasteiger partial charge in [-0.1, -0.05) is 48.5 Å². The summed E-state index contributed by atoms with van der Waals surface area (Å²) in [7, 11) is 7.24. The number of hydrogen-bond donors (Lipinski definition) is 2. The van der Waals surface area contributed by atoms with Gasteiger partial charge in [0.2, 0.25) is 5.91 Å². The largest absolute Gasteiger partial charge is 0.480 e. The Morgan fingerprint density at radius 1 is 0.914 bits per heavy atom. The van der Waals surface area contributed by atoms with E-state index in [-0.39, 0.29) is 25.6 Å². The molecule has 2 aromatic rings. The lowest BCUT2D eigenvalue weighted by Gasteiger charge is -2.29. The zero-order valence-corrected chi connectivity index (χ0v) is 20.7. The quantitative estimate of drug-likeness (QED) is 0.505. The van der Waals surface area contributed by atoms with Crippen LogP contribution in [-0.4, -0.2) is 105 Å². The van der Waals surface area contributed by atoms with Crippen LogP contribution < -0.4 is 5.32 Å². The predicted molar refractivity (Wildman–Crippen MR) is 133 cm³/mol. The Morgan fingerprint density at radius 2 is 1.49 bits per heavy atom. The van der Waals surface area contributed by atoms with E-state index in [9.17, 15) is 19.5 Å². The van der Waals surface area contributed by atoms with Crippen molar-refractivity contribution in [2.24, 2.45) is 0 Å². The molecule has 0 spiro atoms. The number of carbonyl (C=O) groups is 3. The summed E-state index contributed by atoms with van der Waals surface area (Å²) in [6.07, 6.45) is -0.713. The van der Waals surface area contributed by atoms with E-state index in [0.717, 1.165) is 22.3 Å². The summed E-state index contributed by atoms with van der Waals surface area (Å²) in [4.78, 5) is 42.2. The average molecular weight is 483 g/mol. The van der Waals surface area contributed by atoms with Gasteiger partial charge >= 0.3 is 12.1 Å². The van der Waals surface area contributed by atoms with Gasteiger partial charge in [-0.05, 0) is 50.4 Å². The second-order valence-electron chi connectivity index (χ2n) is 9.24. The van der Waals surface area contributed by atoms with Crippen molar-refractivity contribution in [3.05, 3.63) is 59.7 Å². The number of ether oxygens (including phenoxy) is 1. The van der Waals surface area contributed by atoms with Crippen LogP contribution in [0, 0.1) is 0 Å². The van der Waals surface area contributed by atoms with Gasteiger partial charge in [0.15, 0.2) is 0 Å². The van der Waals surface area contributed by atoms with E-state index in [4.69, 9.17) is 4.74 Å². The first-order chi connectivity index (χ1) is 16.7. The lowest BCUT2D eigenvalue weighted by atomic mass is 9.98. The number of likely N-dealkylation sites (N-methyl/N-ethyl adjacent to an activating group) is 2. The summed E-state index contributed by atoms with van der Waals surface area (Å²) >= 11 is 0. The number of nitrogens with zero attached hydrogens (tertiary/aromatic N) is 3. The summed E-state index contributed by atoms with van der Waals surface area (Å²) in [5, 5.41) is 11.9. The van der Waals surface area contributed by atoms with Crippen LogP contribution in [0.5, 0.6) is 0 Å². The third kappa shape index (κ3) is 6.80. The smallest absolute Gasteiger partial charge is 0.407 e. The van der Waals surface area contributed by atoms with Gasteiger partial charge in [0.25, 0.3) is 0 Å². The number of carboxylic acids is 1. The minimum absolute atomic E-state index is 0.0975. The summed E-state index contributed by atoms with van der Waals surface area (Å²) in [6.45, 7) is 0.624. The van der Waals surface area contributed by atoms with Gasteiger partial charge in [-0.2, -0.15) is 0 Å². The van der Waals surface area contributed by atoms with E-state index in [0.29, 0.717) is 6.54 Å². The molecule has 0 saturated heterocycles. The predicted octanol–water partition coefficient (Wildman–Crippen LogP) is 1.93. The molecule has 2 amide bonds. The summed E-state index contributed by atoms with van der Waals surface area (Å²) in [5.41, 5.74) is 4.45. The molecule has 1 atom stereocenters. The average Bonchev–Trinajstić information content (AvgIpc) is 3.12.